The van der Waals surface area contributed by atoms with Crippen LogP contribution < -0.4 is 15.4 Å². The van der Waals surface area contributed by atoms with Crippen molar-refractivity contribution in [2.75, 3.05) is 17.2 Å². The van der Waals surface area contributed by atoms with Gasteiger partial charge in [-0.05, 0) is 48.4 Å². The van der Waals surface area contributed by atoms with Crippen LogP contribution >= 0.6 is 0 Å². The van der Waals surface area contributed by atoms with Crippen molar-refractivity contribution in [2.24, 2.45) is 0 Å². The van der Waals surface area contributed by atoms with Gasteiger partial charge in [-0.15, -0.1) is 0 Å². The Balaban J connectivity index is 1.74. The minimum Gasteiger partial charge on any atom is -0.478 e. The van der Waals surface area contributed by atoms with E-state index in [2.05, 4.69) is 26.7 Å². The highest BCUT2D eigenvalue weighted by Gasteiger charge is 2.09. The van der Waals surface area contributed by atoms with E-state index >= 15 is 0 Å². The molecule has 0 atom stereocenters. The Bertz CT molecular complexity index is 1090. The average Bonchev–Trinajstić information content (AvgIpc) is 2.71. The Morgan fingerprint density at radius 3 is 2.48 bits per heavy atom. The molecule has 0 aliphatic rings. The standard InChI is InChI=1S/C21H17FN6O/c1-14-12-17(6-7-19(14)29-11-10-24)26-20-18(22)13-25-21(28-20)27-16-4-2-15(3-5-16)8-9-23/h2-7,12-13H,8,11H2,1H3,(H2,25,26,27,28). The molecule has 2 aromatic carbocycles. The second kappa shape index (κ2) is 9.16. The van der Waals surface area contributed by atoms with Crippen LogP contribution in [0.2, 0.25) is 0 Å². The quantitative estimate of drug-likeness (QED) is 0.618. The predicted molar refractivity (Wildman–Crippen MR) is 107 cm³/mol. The van der Waals surface area contributed by atoms with E-state index in [0.717, 1.165) is 23.0 Å². The Kier molecular flexibility index (Phi) is 6.18. The van der Waals surface area contributed by atoms with Gasteiger partial charge in [0.05, 0.1) is 18.7 Å². The second-order valence-corrected chi connectivity index (χ2v) is 6.10. The number of aryl methyl sites for hydroxylation is 1. The zero-order chi connectivity index (χ0) is 20.6. The molecule has 0 saturated carbocycles. The first-order chi connectivity index (χ1) is 14.1. The van der Waals surface area contributed by atoms with Crippen LogP contribution in [0.5, 0.6) is 5.75 Å². The molecule has 1 heterocycles. The molecule has 0 unspecified atom stereocenters. The highest BCUT2D eigenvalue weighted by Crippen LogP contribution is 2.25. The number of halogens is 1. The topological polar surface area (TPSA) is 107 Å². The summed E-state index contributed by atoms with van der Waals surface area (Å²) in [5, 5.41) is 23.3. The largest absolute Gasteiger partial charge is 0.478 e. The molecule has 2 N–H and O–H groups in total. The number of nitrogens with one attached hydrogen (secondary N) is 2. The van der Waals surface area contributed by atoms with Crippen LogP contribution in [-0.4, -0.2) is 16.6 Å². The molecule has 3 aromatic rings. The summed E-state index contributed by atoms with van der Waals surface area (Å²) in [5.74, 6) is 0.242. The fourth-order valence-corrected chi connectivity index (χ4v) is 2.58. The molecular weight excluding hydrogens is 371 g/mol. The molecule has 8 heteroatoms. The van der Waals surface area contributed by atoms with Crippen molar-refractivity contribution < 1.29 is 9.13 Å². The van der Waals surface area contributed by atoms with Crippen molar-refractivity contribution in [2.45, 2.75) is 13.3 Å². The molecule has 3 rings (SSSR count). The number of aromatic nitrogens is 2. The molecule has 7 nitrogen and oxygen atoms in total. The van der Waals surface area contributed by atoms with E-state index in [1.807, 2.05) is 25.1 Å². The molecule has 0 saturated heterocycles. The highest BCUT2D eigenvalue weighted by atomic mass is 19.1. The number of nitrogens with zero attached hydrogens (tertiary/aromatic N) is 4. The van der Waals surface area contributed by atoms with Gasteiger partial charge in [-0.1, -0.05) is 12.1 Å². The zero-order valence-corrected chi connectivity index (χ0v) is 15.6. The van der Waals surface area contributed by atoms with E-state index in [0.29, 0.717) is 17.9 Å². The maximum Gasteiger partial charge on any atom is 0.229 e. The van der Waals surface area contributed by atoms with Crippen LogP contribution in [-0.2, 0) is 6.42 Å². The first-order valence-electron chi connectivity index (χ1n) is 8.72. The van der Waals surface area contributed by atoms with Gasteiger partial charge in [-0.25, -0.2) is 9.37 Å². The Morgan fingerprint density at radius 1 is 1.03 bits per heavy atom. The van der Waals surface area contributed by atoms with Crippen LogP contribution in [0, 0.1) is 35.4 Å². The van der Waals surface area contributed by atoms with Gasteiger partial charge in [0.15, 0.2) is 18.2 Å². The lowest BCUT2D eigenvalue weighted by molar-refractivity contribution is 0.365. The third kappa shape index (κ3) is 5.18. The zero-order valence-electron chi connectivity index (χ0n) is 15.6. The lowest BCUT2D eigenvalue weighted by Crippen LogP contribution is -2.04. The Labute approximate surface area is 167 Å². The van der Waals surface area contributed by atoms with Crippen molar-refractivity contribution in [3.05, 3.63) is 65.6 Å². The lowest BCUT2D eigenvalue weighted by atomic mass is 10.1. The van der Waals surface area contributed by atoms with Gasteiger partial charge >= 0.3 is 0 Å². The summed E-state index contributed by atoms with van der Waals surface area (Å²) in [6.07, 6.45) is 1.42. The van der Waals surface area contributed by atoms with Crippen molar-refractivity contribution in [1.82, 2.24) is 9.97 Å². The molecule has 0 spiro atoms. The van der Waals surface area contributed by atoms with Crippen LogP contribution in [0.1, 0.15) is 11.1 Å². The van der Waals surface area contributed by atoms with E-state index in [-0.39, 0.29) is 18.4 Å². The van der Waals surface area contributed by atoms with E-state index in [9.17, 15) is 4.39 Å². The van der Waals surface area contributed by atoms with Gasteiger partial charge in [0, 0.05) is 11.4 Å². The first kappa shape index (κ1) is 19.6. The molecule has 0 bridgehead atoms. The summed E-state index contributed by atoms with van der Waals surface area (Å²) in [7, 11) is 0. The maximum absolute atomic E-state index is 14.2. The molecule has 0 radical (unpaired) electrons. The number of hydrogen-bond donors (Lipinski definition) is 2. The molecular formula is C21H17FN6O. The number of rotatable bonds is 7. The third-order valence-corrected chi connectivity index (χ3v) is 3.97. The first-order valence-corrected chi connectivity index (χ1v) is 8.72. The van der Waals surface area contributed by atoms with Gasteiger partial charge in [0.25, 0.3) is 0 Å². The minimum absolute atomic E-state index is 0.0219. The van der Waals surface area contributed by atoms with Gasteiger partial charge in [-0.3, -0.25) is 0 Å². The summed E-state index contributed by atoms with van der Waals surface area (Å²) in [4.78, 5) is 8.15. The lowest BCUT2D eigenvalue weighted by Gasteiger charge is -2.12. The molecule has 0 fully saturated rings. The van der Waals surface area contributed by atoms with E-state index in [4.69, 9.17) is 15.3 Å². The van der Waals surface area contributed by atoms with Crippen LogP contribution in [0.15, 0.2) is 48.7 Å². The van der Waals surface area contributed by atoms with E-state index in [1.165, 1.54) is 0 Å². The SMILES string of the molecule is Cc1cc(Nc2nc(Nc3ccc(CC#N)cc3)ncc2F)ccc1OCC#N. The van der Waals surface area contributed by atoms with Crippen molar-refractivity contribution >= 4 is 23.1 Å². The van der Waals surface area contributed by atoms with Crippen LogP contribution in [0.4, 0.5) is 27.5 Å². The highest BCUT2D eigenvalue weighted by molar-refractivity contribution is 5.62. The van der Waals surface area contributed by atoms with Gasteiger partial charge in [0.1, 0.15) is 11.8 Å². The molecule has 0 aliphatic heterocycles. The fourth-order valence-electron chi connectivity index (χ4n) is 2.58. The number of nitriles is 2. The summed E-state index contributed by atoms with van der Waals surface area (Å²) in [6, 6.07) is 16.4. The third-order valence-electron chi connectivity index (χ3n) is 3.97. The van der Waals surface area contributed by atoms with Gasteiger partial charge < -0.3 is 15.4 Å². The normalized spacial score (nSPS) is 9.93. The molecule has 144 valence electrons. The summed E-state index contributed by atoms with van der Waals surface area (Å²) in [6.45, 7) is 1.79. The Morgan fingerprint density at radius 2 is 1.79 bits per heavy atom. The smallest absolute Gasteiger partial charge is 0.229 e. The molecule has 0 aliphatic carbocycles. The second-order valence-electron chi connectivity index (χ2n) is 6.10. The van der Waals surface area contributed by atoms with Crippen molar-refractivity contribution in [3.8, 4) is 17.9 Å². The molecule has 1 aromatic heterocycles. The maximum atomic E-state index is 14.2. The average molecular weight is 388 g/mol. The minimum atomic E-state index is -0.595. The number of hydrogen-bond acceptors (Lipinski definition) is 7. The number of benzene rings is 2. The summed E-state index contributed by atoms with van der Waals surface area (Å²) >= 11 is 0. The van der Waals surface area contributed by atoms with E-state index in [1.54, 1.807) is 30.3 Å². The molecule has 0 amide bonds. The van der Waals surface area contributed by atoms with Gasteiger partial charge in [-0.2, -0.15) is 15.5 Å². The van der Waals surface area contributed by atoms with Gasteiger partial charge in [0.2, 0.25) is 5.95 Å². The number of ether oxygens (including phenoxy) is 1. The van der Waals surface area contributed by atoms with Crippen molar-refractivity contribution in [3.63, 3.8) is 0 Å². The fraction of sp³-hybridized carbons (Fsp3) is 0.143. The van der Waals surface area contributed by atoms with Crippen LogP contribution in [0.3, 0.4) is 0 Å². The number of anilines is 4. The predicted octanol–water partition coefficient (Wildman–Crippen LogP) is 4.38. The van der Waals surface area contributed by atoms with E-state index < -0.39 is 5.82 Å². The summed E-state index contributed by atoms with van der Waals surface area (Å²) < 4.78 is 19.5. The molecule has 29 heavy (non-hydrogen) atoms. The van der Waals surface area contributed by atoms with Crippen LogP contribution in [0.25, 0.3) is 0 Å². The van der Waals surface area contributed by atoms with Crippen molar-refractivity contribution in [1.29, 1.82) is 10.5 Å². The monoisotopic (exact) mass is 388 g/mol. The summed E-state index contributed by atoms with van der Waals surface area (Å²) in [5.41, 5.74) is 3.05. The Hall–Kier alpha value is -4.17.